The van der Waals surface area contributed by atoms with E-state index >= 15 is 0 Å². The highest BCUT2D eigenvalue weighted by molar-refractivity contribution is 5.69. The van der Waals surface area contributed by atoms with E-state index < -0.39 is 6.10 Å². The van der Waals surface area contributed by atoms with Crippen LogP contribution in [0.25, 0.3) is 0 Å². The number of allylic oxidation sites excluding steroid dienone is 5. The maximum absolute atomic E-state index is 12.1. The van der Waals surface area contributed by atoms with Crippen LogP contribution >= 0.6 is 0 Å². The predicted molar refractivity (Wildman–Crippen MR) is 214 cm³/mol. The van der Waals surface area contributed by atoms with Gasteiger partial charge in [-0.2, -0.15) is 0 Å². The molecule has 51 heavy (non-hydrogen) atoms. The Hall–Kier alpha value is -1.92. The average Bonchev–Trinajstić information content (AvgIpc) is 3.87. The topological polar surface area (TPSA) is 85.4 Å². The van der Waals surface area contributed by atoms with Crippen LogP contribution in [0.2, 0.25) is 0 Å². The molecule has 1 N–H and O–H groups in total. The number of carbonyl (C=O) groups is 2. The minimum absolute atomic E-state index is 0.137. The second kappa shape index (κ2) is 35.1. The van der Waals surface area contributed by atoms with Crippen molar-refractivity contribution in [1.82, 2.24) is 0 Å². The van der Waals surface area contributed by atoms with Crippen molar-refractivity contribution >= 4 is 11.9 Å². The molecule has 296 valence electrons. The van der Waals surface area contributed by atoms with Gasteiger partial charge in [0.25, 0.3) is 0 Å². The highest BCUT2D eigenvalue weighted by atomic mass is 16.6. The summed E-state index contributed by atoms with van der Waals surface area (Å²) < 4.78 is 16.1. The quantitative estimate of drug-likeness (QED) is 0.0298. The molecule has 0 radical (unpaired) electrons. The molecule has 0 bridgehead atoms. The zero-order valence-electron chi connectivity index (χ0n) is 33.5. The van der Waals surface area contributed by atoms with Gasteiger partial charge in [0.05, 0.1) is 12.2 Å². The number of ether oxygens (including phenoxy) is 3. The van der Waals surface area contributed by atoms with Crippen LogP contribution in [0.15, 0.2) is 36.5 Å². The zero-order chi connectivity index (χ0) is 37.0. The number of epoxide rings is 1. The molecule has 1 aliphatic rings. The maximum Gasteiger partial charge on any atom is 0.305 e. The molecule has 0 spiro atoms. The molecule has 1 fully saturated rings. The van der Waals surface area contributed by atoms with Gasteiger partial charge in [0.1, 0.15) is 19.3 Å². The average molecular weight is 717 g/mol. The van der Waals surface area contributed by atoms with Crippen molar-refractivity contribution in [3.63, 3.8) is 0 Å². The van der Waals surface area contributed by atoms with Crippen molar-refractivity contribution < 1.29 is 28.9 Å². The lowest BCUT2D eigenvalue weighted by Gasteiger charge is -2.12. The Labute approximate surface area is 314 Å². The second-order valence-electron chi connectivity index (χ2n) is 15.3. The van der Waals surface area contributed by atoms with Crippen LogP contribution in [-0.4, -0.2) is 48.6 Å². The Bertz CT molecular complexity index is 893. The number of hydrogen-bond acceptors (Lipinski definition) is 6. The molecule has 3 atom stereocenters. The van der Waals surface area contributed by atoms with Crippen LogP contribution in [0.1, 0.15) is 201 Å². The van der Waals surface area contributed by atoms with E-state index in [1.165, 1.54) is 116 Å². The van der Waals surface area contributed by atoms with Gasteiger partial charge in [0.15, 0.2) is 0 Å². The van der Waals surface area contributed by atoms with Crippen molar-refractivity contribution in [2.75, 3.05) is 13.2 Å². The van der Waals surface area contributed by atoms with Gasteiger partial charge in [0, 0.05) is 12.8 Å². The van der Waals surface area contributed by atoms with E-state index in [4.69, 9.17) is 14.2 Å². The minimum Gasteiger partial charge on any atom is -0.463 e. The molecular weight excluding hydrogens is 636 g/mol. The summed E-state index contributed by atoms with van der Waals surface area (Å²) in [6.45, 7) is 6.58. The third kappa shape index (κ3) is 33.7. The highest BCUT2D eigenvalue weighted by Crippen LogP contribution is 2.30. The third-order valence-electron chi connectivity index (χ3n) is 9.73. The van der Waals surface area contributed by atoms with Crippen molar-refractivity contribution in [2.24, 2.45) is 5.92 Å². The Balaban J connectivity index is 1.84. The molecule has 1 aliphatic heterocycles. The number of unbranched alkanes of at least 4 members (excludes halogenated alkanes) is 18. The van der Waals surface area contributed by atoms with Gasteiger partial charge >= 0.3 is 11.9 Å². The van der Waals surface area contributed by atoms with Crippen molar-refractivity contribution in [3.05, 3.63) is 36.5 Å². The summed E-state index contributed by atoms with van der Waals surface area (Å²) >= 11 is 0. The van der Waals surface area contributed by atoms with Crippen LogP contribution in [0.3, 0.4) is 0 Å². The molecule has 0 aromatic heterocycles. The Morgan fingerprint density at radius 1 is 0.588 bits per heavy atom. The first-order valence-electron chi connectivity index (χ1n) is 21.5. The van der Waals surface area contributed by atoms with E-state index in [0.717, 1.165) is 50.9 Å². The van der Waals surface area contributed by atoms with E-state index in [-0.39, 0.29) is 37.4 Å². The van der Waals surface area contributed by atoms with Crippen LogP contribution in [0, 0.1) is 5.92 Å². The molecule has 0 aliphatic carbocycles. The summed E-state index contributed by atoms with van der Waals surface area (Å²) in [6, 6.07) is 0. The van der Waals surface area contributed by atoms with E-state index in [1.54, 1.807) is 0 Å². The van der Waals surface area contributed by atoms with Crippen LogP contribution in [-0.2, 0) is 23.8 Å². The largest absolute Gasteiger partial charge is 0.463 e. The third-order valence-corrected chi connectivity index (χ3v) is 9.73. The minimum atomic E-state index is -0.993. The molecule has 6 heteroatoms. The summed E-state index contributed by atoms with van der Waals surface area (Å²) in [5, 5.41) is 10.1. The fourth-order valence-corrected chi connectivity index (χ4v) is 6.36. The first kappa shape index (κ1) is 47.1. The molecule has 0 aromatic rings. The Kier molecular flexibility index (Phi) is 32.4. The lowest BCUT2D eigenvalue weighted by Crippen LogP contribution is -2.25. The van der Waals surface area contributed by atoms with Gasteiger partial charge in [-0.15, -0.1) is 0 Å². The van der Waals surface area contributed by atoms with Crippen LogP contribution in [0.5, 0.6) is 0 Å². The second-order valence-corrected chi connectivity index (χ2v) is 15.3. The summed E-state index contributed by atoms with van der Waals surface area (Å²) in [7, 11) is 0. The normalized spacial score (nSPS) is 16.6. The van der Waals surface area contributed by atoms with Gasteiger partial charge < -0.3 is 19.3 Å². The molecule has 0 saturated carbocycles. The van der Waals surface area contributed by atoms with Crippen molar-refractivity contribution in [3.8, 4) is 0 Å². The molecule has 1 rings (SSSR count). The van der Waals surface area contributed by atoms with E-state index in [9.17, 15) is 14.7 Å². The van der Waals surface area contributed by atoms with Gasteiger partial charge in [-0.1, -0.05) is 173 Å². The number of hydrogen-bond donors (Lipinski definition) is 1. The predicted octanol–water partition coefficient (Wildman–Crippen LogP) is 12.5. The smallest absolute Gasteiger partial charge is 0.305 e. The maximum atomic E-state index is 12.1. The number of carbonyl (C=O) groups excluding carboxylic acids is 2. The highest BCUT2D eigenvalue weighted by Gasteiger charge is 2.36. The molecule has 0 aromatic carbocycles. The van der Waals surface area contributed by atoms with E-state index in [2.05, 4.69) is 57.2 Å². The molecule has 1 saturated heterocycles. The van der Waals surface area contributed by atoms with Gasteiger partial charge in [0.2, 0.25) is 0 Å². The fraction of sp³-hybridized carbons (Fsp3) is 0.822. The molecule has 1 heterocycles. The lowest BCUT2D eigenvalue weighted by molar-refractivity contribution is -0.152. The standard InChI is InChI=1S/C45H80O6/c1-4-5-6-7-8-9-10-18-21-24-27-30-34-42-43(51-42)35-32-37-45(48)50-39-41(46)38-49-44(47)36-31-28-25-22-19-16-14-12-11-13-15-17-20-23-26-29-33-40(2)3/h8-9,18,21,27,30,40-43,46H,4-7,10-17,19-20,22-26,28-29,31-39H2,1-3H3/b9-8-,21-18-,30-27-/t41-,42?,43?/m0/s1. The van der Waals surface area contributed by atoms with Gasteiger partial charge in [-0.05, 0) is 57.3 Å². The number of aliphatic hydroxyl groups is 1. The monoisotopic (exact) mass is 717 g/mol. The Morgan fingerprint density at radius 3 is 1.59 bits per heavy atom. The summed E-state index contributed by atoms with van der Waals surface area (Å²) in [5.41, 5.74) is 0. The van der Waals surface area contributed by atoms with Crippen LogP contribution < -0.4 is 0 Å². The Morgan fingerprint density at radius 2 is 1.06 bits per heavy atom. The molecule has 2 unspecified atom stereocenters. The van der Waals surface area contributed by atoms with E-state index in [1.807, 2.05) is 0 Å². The molecular formula is C45H80O6. The zero-order valence-corrected chi connectivity index (χ0v) is 33.5. The fourth-order valence-electron chi connectivity index (χ4n) is 6.36. The number of aliphatic hydroxyl groups excluding tert-OH is 1. The first-order chi connectivity index (χ1) is 24.9. The van der Waals surface area contributed by atoms with E-state index in [0.29, 0.717) is 19.3 Å². The lowest BCUT2D eigenvalue weighted by atomic mass is 10.0. The summed E-state index contributed by atoms with van der Waals surface area (Å²) in [4.78, 5) is 24.1. The summed E-state index contributed by atoms with van der Waals surface area (Å²) in [6.07, 6.45) is 45.1. The van der Waals surface area contributed by atoms with Crippen molar-refractivity contribution in [1.29, 1.82) is 0 Å². The molecule has 6 nitrogen and oxygen atoms in total. The number of rotatable bonds is 37. The van der Waals surface area contributed by atoms with Crippen molar-refractivity contribution in [2.45, 2.75) is 219 Å². The van der Waals surface area contributed by atoms with Gasteiger partial charge in [-0.25, -0.2) is 0 Å². The SMILES string of the molecule is CCCCC/C=C\C/C=C\C/C=C\CC1OC1CCCC(=O)OC[C@@H](O)COC(=O)CCCCCCCCCCCCCCCCCCC(C)C. The summed E-state index contributed by atoms with van der Waals surface area (Å²) in [5.74, 6) is 0.222. The first-order valence-corrected chi connectivity index (χ1v) is 21.5. The number of esters is 2. The van der Waals surface area contributed by atoms with Gasteiger partial charge in [-0.3, -0.25) is 9.59 Å². The van der Waals surface area contributed by atoms with Crippen LogP contribution in [0.4, 0.5) is 0 Å². The molecule has 0 amide bonds.